The molecular weight excluding hydrogens is 162 g/mol. The van der Waals surface area contributed by atoms with Gasteiger partial charge in [0.05, 0.1) is 19.2 Å². The summed E-state index contributed by atoms with van der Waals surface area (Å²) >= 11 is 0. The van der Waals surface area contributed by atoms with Crippen LogP contribution in [-0.4, -0.2) is 46.2 Å². The van der Waals surface area contributed by atoms with Crippen LogP contribution in [0, 0.1) is 0 Å². The van der Waals surface area contributed by atoms with Gasteiger partial charge in [0.1, 0.15) is 5.78 Å². The lowest BCUT2D eigenvalue weighted by atomic mass is 10.2. The molecular formula is C7H11NO4. The molecule has 0 atom stereocenters. The minimum atomic E-state index is -0.949. The zero-order chi connectivity index (χ0) is 9.14. The van der Waals surface area contributed by atoms with Crippen LogP contribution in [0.15, 0.2) is 0 Å². The molecule has 12 heavy (non-hydrogen) atoms. The van der Waals surface area contributed by atoms with Crippen LogP contribution in [0.3, 0.4) is 0 Å². The Morgan fingerprint density at radius 1 is 1.42 bits per heavy atom. The van der Waals surface area contributed by atoms with Crippen LogP contribution in [0.2, 0.25) is 0 Å². The molecule has 1 aliphatic carbocycles. The molecule has 68 valence electrons. The zero-order valence-corrected chi connectivity index (χ0v) is 6.56. The first-order valence-electron chi connectivity index (χ1n) is 3.77. The number of hydrogen-bond donors (Lipinski definition) is 2. The average molecular weight is 173 g/mol. The molecule has 0 aromatic heterocycles. The van der Waals surface area contributed by atoms with Gasteiger partial charge < -0.3 is 15.1 Å². The van der Waals surface area contributed by atoms with E-state index >= 15 is 0 Å². The molecule has 5 nitrogen and oxygen atoms in total. The third kappa shape index (κ3) is 2.87. The lowest BCUT2D eigenvalue weighted by Gasteiger charge is -2.32. The molecule has 1 heterocycles. The summed E-state index contributed by atoms with van der Waals surface area (Å²) in [6.45, 7) is 0.546. The molecule has 2 rings (SSSR count). The van der Waals surface area contributed by atoms with Gasteiger partial charge in [0, 0.05) is 12.8 Å². The Labute approximate surface area is 69.6 Å². The summed E-state index contributed by atoms with van der Waals surface area (Å²) in [5, 5.41) is 16.7. The summed E-state index contributed by atoms with van der Waals surface area (Å²) in [6, 6.07) is 0. The third-order valence-electron chi connectivity index (χ3n) is 1.59. The first-order valence-corrected chi connectivity index (χ1v) is 3.77. The molecule has 0 spiro atoms. The van der Waals surface area contributed by atoms with E-state index in [1.54, 1.807) is 0 Å². The number of aliphatic hydroxyl groups excluding tert-OH is 1. The van der Waals surface area contributed by atoms with Gasteiger partial charge >= 0.3 is 6.09 Å². The van der Waals surface area contributed by atoms with Gasteiger partial charge in [-0.25, -0.2) is 4.79 Å². The molecule has 0 aromatic carbocycles. The van der Waals surface area contributed by atoms with Crippen LogP contribution in [0.4, 0.5) is 4.79 Å². The number of nitrogens with zero attached hydrogens (tertiary/aromatic N) is 1. The van der Waals surface area contributed by atoms with E-state index in [0.29, 0.717) is 5.78 Å². The van der Waals surface area contributed by atoms with Crippen LogP contribution in [0.1, 0.15) is 12.8 Å². The van der Waals surface area contributed by atoms with Gasteiger partial charge in [0.2, 0.25) is 0 Å². The van der Waals surface area contributed by atoms with Gasteiger partial charge in [-0.3, -0.25) is 4.79 Å². The van der Waals surface area contributed by atoms with E-state index in [4.69, 9.17) is 10.2 Å². The van der Waals surface area contributed by atoms with Gasteiger partial charge in [-0.2, -0.15) is 0 Å². The van der Waals surface area contributed by atoms with E-state index in [1.807, 2.05) is 0 Å². The van der Waals surface area contributed by atoms with Gasteiger partial charge in [-0.1, -0.05) is 0 Å². The average Bonchev–Trinajstić information content (AvgIpc) is 2.66. The zero-order valence-electron chi connectivity index (χ0n) is 6.56. The van der Waals surface area contributed by atoms with Crippen molar-refractivity contribution < 1.29 is 19.8 Å². The maximum atomic E-state index is 9.94. The second-order valence-corrected chi connectivity index (χ2v) is 2.88. The summed E-state index contributed by atoms with van der Waals surface area (Å²) in [4.78, 5) is 20.7. The highest BCUT2D eigenvalue weighted by Gasteiger charge is 2.27. The van der Waals surface area contributed by atoms with Crippen LogP contribution in [-0.2, 0) is 4.79 Å². The van der Waals surface area contributed by atoms with Crippen LogP contribution >= 0.6 is 0 Å². The molecule has 1 amide bonds. The monoisotopic (exact) mass is 173 g/mol. The fourth-order valence-electron chi connectivity index (χ4n) is 0.663. The number of aliphatic hydroxyl groups is 1. The van der Waals surface area contributed by atoms with Crippen molar-refractivity contribution >= 4 is 11.9 Å². The molecule has 1 saturated heterocycles. The Kier molecular flexibility index (Phi) is 2.65. The number of carboxylic acid groups (broad SMARTS) is 1. The predicted octanol–water partition coefficient (Wildman–Crippen LogP) is -0.310. The Bertz CT molecular complexity index is 192. The van der Waals surface area contributed by atoms with E-state index in [1.165, 1.54) is 0 Å². The van der Waals surface area contributed by atoms with Crippen LogP contribution in [0.25, 0.3) is 0 Å². The summed E-state index contributed by atoms with van der Waals surface area (Å²) < 4.78 is 0. The van der Waals surface area contributed by atoms with E-state index in [9.17, 15) is 9.59 Å². The number of carbonyl (C=O) groups is 2. The van der Waals surface area contributed by atoms with E-state index in [2.05, 4.69) is 0 Å². The molecule has 5 heteroatoms. The van der Waals surface area contributed by atoms with Crippen molar-refractivity contribution in [2.45, 2.75) is 18.9 Å². The van der Waals surface area contributed by atoms with Gasteiger partial charge in [0.15, 0.2) is 0 Å². The smallest absolute Gasteiger partial charge is 0.407 e. The number of likely N-dealkylation sites (tertiary alicyclic amines) is 1. The summed E-state index contributed by atoms with van der Waals surface area (Å²) in [5.74, 6) is 0.417. The molecule has 2 aliphatic rings. The van der Waals surface area contributed by atoms with Gasteiger partial charge in [-0.05, 0) is 0 Å². The summed E-state index contributed by atoms with van der Waals surface area (Å²) in [7, 11) is 0. The normalized spacial score (nSPS) is 20.8. The second kappa shape index (κ2) is 3.53. The minimum absolute atomic E-state index is 0.273. The first-order chi connectivity index (χ1) is 5.59. The molecule has 0 radical (unpaired) electrons. The molecule has 1 aliphatic heterocycles. The van der Waals surface area contributed by atoms with Crippen molar-refractivity contribution in [3.8, 4) is 0 Å². The Morgan fingerprint density at radius 3 is 1.92 bits per heavy atom. The maximum Gasteiger partial charge on any atom is 0.407 e. The van der Waals surface area contributed by atoms with Crippen LogP contribution < -0.4 is 0 Å². The van der Waals surface area contributed by atoms with Crippen molar-refractivity contribution in [3.05, 3.63) is 0 Å². The lowest BCUT2D eigenvalue weighted by molar-refractivity contribution is -0.109. The number of β-amino-alcohol motifs (C(OH)–C–C–N with tert-alkyl or cyclic N) is 1. The first kappa shape index (κ1) is 8.99. The topological polar surface area (TPSA) is 77.8 Å². The number of amides is 1. The Morgan fingerprint density at radius 2 is 1.83 bits per heavy atom. The fraction of sp³-hybridized carbons (Fsp3) is 0.714. The molecule has 1 saturated carbocycles. The van der Waals surface area contributed by atoms with Crippen LogP contribution in [0.5, 0.6) is 0 Å². The van der Waals surface area contributed by atoms with Crippen molar-refractivity contribution in [3.63, 3.8) is 0 Å². The SMILES string of the molecule is O=C(O)N1CC(O)C1.O=C1CC1. The van der Waals surface area contributed by atoms with Crippen molar-refractivity contribution in [1.29, 1.82) is 0 Å². The van der Waals surface area contributed by atoms with E-state index in [-0.39, 0.29) is 13.1 Å². The Hall–Kier alpha value is -1.10. The van der Waals surface area contributed by atoms with Crippen molar-refractivity contribution in [2.75, 3.05) is 13.1 Å². The highest BCUT2D eigenvalue weighted by molar-refractivity contribution is 5.92. The van der Waals surface area contributed by atoms with E-state index in [0.717, 1.165) is 17.7 Å². The van der Waals surface area contributed by atoms with Crippen molar-refractivity contribution in [1.82, 2.24) is 4.90 Å². The van der Waals surface area contributed by atoms with Gasteiger partial charge in [0.25, 0.3) is 0 Å². The largest absolute Gasteiger partial charge is 0.465 e. The quantitative estimate of drug-likeness (QED) is 0.526. The fourth-order valence-corrected chi connectivity index (χ4v) is 0.663. The lowest BCUT2D eigenvalue weighted by Crippen LogP contribution is -2.52. The number of ketones is 1. The molecule has 0 bridgehead atoms. The molecule has 2 fully saturated rings. The molecule has 0 aromatic rings. The number of carbonyl (C=O) groups excluding carboxylic acids is 1. The van der Waals surface area contributed by atoms with Crippen molar-refractivity contribution in [2.24, 2.45) is 0 Å². The number of rotatable bonds is 0. The minimum Gasteiger partial charge on any atom is -0.465 e. The molecule has 2 N–H and O–H groups in total. The standard InChI is InChI=1S/C4H7NO3.C3H4O/c6-3-1-5(2-3)4(7)8;4-3-1-2-3/h3,6H,1-2H2,(H,7,8);1-2H2. The summed E-state index contributed by atoms with van der Waals surface area (Å²) in [5.41, 5.74) is 0. The second-order valence-electron chi connectivity index (χ2n) is 2.88. The van der Waals surface area contributed by atoms with E-state index < -0.39 is 12.2 Å². The highest BCUT2D eigenvalue weighted by atomic mass is 16.4. The van der Waals surface area contributed by atoms with Gasteiger partial charge in [-0.15, -0.1) is 0 Å². The Balaban J connectivity index is 0.000000150. The summed E-state index contributed by atoms with van der Waals surface area (Å²) in [6.07, 6.45) is 0.321. The molecule has 0 unspecified atom stereocenters. The highest BCUT2D eigenvalue weighted by Crippen LogP contribution is 2.08. The maximum absolute atomic E-state index is 9.94. The third-order valence-corrected chi connectivity index (χ3v) is 1.59. The predicted molar refractivity (Wildman–Crippen MR) is 39.8 cm³/mol. The number of Topliss-reactive ketones (excluding diaryl/α,β-unsaturated/α-hetero) is 1. The number of hydrogen-bond acceptors (Lipinski definition) is 3.